The van der Waals surface area contributed by atoms with E-state index in [1.807, 2.05) is 0 Å². The molecule has 7 rings (SSSR count). The molecule has 1 spiro atoms. The third-order valence-corrected chi connectivity index (χ3v) is 9.49. The fourth-order valence-corrected chi connectivity index (χ4v) is 7.03. The maximum atomic E-state index is 16.6. The van der Waals surface area contributed by atoms with Gasteiger partial charge < -0.3 is 29.6 Å². The number of carbonyl (C=O) groups excluding carboxylic acids is 1. The zero-order chi connectivity index (χ0) is 35.5. The number of amides is 1. The molecule has 1 amide bonds. The van der Waals surface area contributed by atoms with Crippen LogP contribution < -0.4 is 10.9 Å². The largest absolute Gasteiger partial charge is 0.506 e. The number of aliphatic hydroxyl groups excluding tert-OH is 1. The van der Waals surface area contributed by atoms with Crippen LogP contribution in [0.4, 0.5) is 23.2 Å². The summed E-state index contributed by atoms with van der Waals surface area (Å²) in [6.45, 7) is 1.41. The first kappa shape index (κ1) is 34.0. The summed E-state index contributed by atoms with van der Waals surface area (Å²) in [5.74, 6) is -0.824. The zero-order valence-corrected chi connectivity index (χ0v) is 27.1. The van der Waals surface area contributed by atoms with Gasteiger partial charge in [0.05, 0.1) is 46.8 Å². The topological polar surface area (TPSA) is 156 Å². The third-order valence-electron chi connectivity index (χ3n) is 9.18. The molecule has 4 atom stereocenters. The van der Waals surface area contributed by atoms with E-state index in [9.17, 15) is 33.0 Å². The third kappa shape index (κ3) is 5.81. The summed E-state index contributed by atoms with van der Waals surface area (Å²) < 4.78 is 70.2. The lowest BCUT2D eigenvalue weighted by molar-refractivity contribution is -0.167. The van der Waals surface area contributed by atoms with Gasteiger partial charge in [0.25, 0.3) is 5.56 Å². The maximum absolute atomic E-state index is 16.6. The molecule has 3 N–H and O–H groups in total. The normalized spacial score (nSPS) is 23.2. The first-order valence-corrected chi connectivity index (χ1v) is 16.0. The summed E-state index contributed by atoms with van der Waals surface area (Å²) in [7, 11) is 0. The van der Waals surface area contributed by atoms with Crippen molar-refractivity contribution in [2.45, 2.75) is 56.6 Å². The van der Waals surface area contributed by atoms with Crippen LogP contribution in [0.15, 0.2) is 47.4 Å². The number of carbonyl (C=O) groups is 1. The van der Waals surface area contributed by atoms with Crippen LogP contribution in [0, 0.1) is 0 Å². The molecule has 18 heteroatoms. The number of fused-ring (bicyclic) bond motifs is 3. The Hall–Kier alpha value is -4.42. The molecule has 3 aromatic heterocycles. The number of nitrogens with zero attached hydrogens (tertiary/aromatic N) is 6. The number of hydrogen-bond donors (Lipinski definition) is 3. The number of nitrogens with one attached hydrogen (secondary N) is 1. The minimum Gasteiger partial charge on any atom is -0.506 e. The number of pyridine rings is 1. The number of rotatable bonds is 6. The van der Waals surface area contributed by atoms with Gasteiger partial charge in [0.1, 0.15) is 29.8 Å². The van der Waals surface area contributed by atoms with Crippen LogP contribution in [0.25, 0.3) is 11.4 Å². The molecule has 0 saturated carbocycles. The van der Waals surface area contributed by atoms with Gasteiger partial charge in [-0.3, -0.25) is 19.5 Å². The molecule has 1 saturated heterocycles. The first-order valence-electron chi connectivity index (χ1n) is 15.6. The van der Waals surface area contributed by atoms with Crippen molar-refractivity contribution in [1.29, 1.82) is 0 Å². The Balaban J connectivity index is 1.28. The lowest BCUT2D eigenvalue weighted by atomic mass is 9.83. The second-order valence-corrected chi connectivity index (χ2v) is 12.6. The molecule has 0 bridgehead atoms. The van der Waals surface area contributed by atoms with E-state index in [0.717, 1.165) is 16.6 Å². The Morgan fingerprint density at radius 2 is 2.08 bits per heavy atom. The summed E-state index contributed by atoms with van der Waals surface area (Å²) >= 11 is 6.09. The highest BCUT2D eigenvalue weighted by atomic mass is 35.5. The van der Waals surface area contributed by atoms with Crippen molar-refractivity contribution < 1.29 is 42.0 Å². The van der Waals surface area contributed by atoms with E-state index in [2.05, 4.69) is 20.4 Å². The van der Waals surface area contributed by atoms with E-state index in [-0.39, 0.29) is 58.0 Å². The number of likely N-dealkylation sites (tertiary alicyclic amines) is 1. The minimum absolute atomic E-state index is 0.0314. The summed E-state index contributed by atoms with van der Waals surface area (Å²) in [5.41, 5.74) is -2.83. The molecule has 264 valence electrons. The number of halogens is 5. The molecular formula is C32H30ClF4N7O6. The molecule has 0 radical (unpaired) electrons. The predicted octanol–water partition coefficient (Wildman–Crippen LogP) is 4.13. The number of anilines is 1. The van der Waals surface area contributed by atoms with Crippen molar-refractivity contribution in [1.82, 2.24) is 29.0 Å². The van der Waals surface area contributed by atoms with E-state index < -0.39 is 60.4 Å². The monoisotopic (exact) mass is 719 g/mol. The fraction of sp³-hybridized carbons (Fsp3) is 0.406. The number of aromatic hydroxyl groups is 1. The average molecular weight is 720 g/mol. The van der Waals surface area contributed by atoms with Crippen LogP contribution in [0.2, 0.25) is 5.02 Å². The van der Waals surface area contributed by atoms with Gasteiger partial charge in [-0.25, -0.2) is 4.39 Å². The van der Waals surface area contributed by atoms with Crippen molar-refractivity contribution in [3.8, 4) is 5.75 Å². The second kappa shape index (κ2) is 12.7. The number of benzene rings is 1. The molecule has 0 aliphatic carbocycles. The highest BCUT2D eigenvalue weighted by Crippen LogP contribution is 2.50. The van der Waals surface area contributed by atoms with Crippen LogP contribution in [-0.2, 0) is 32.6 Å². The quantitative estimate of drug-likeness (QED) is 0.248. The summed E-state index contributed by atoms with van der Waals surface area (Å²) in [6.07, 6.45) is -5.39. The van der Waals surface area contributed by atoms with Gasteiger partial charge in [-0.2, -0.15) is 22.7 Å². The summed E-state index contributed by atoms with van der Waals surface area (Å²) in [4.78, 5) is 37.8. The van der Waals surface area contributed by atoms with E-state index >= 15 is 4.39 Å². The Bertz CT molecular complexity index is 2090. The van der Waals surface area contributed by atoms with E-state index in [1.54, 1.807) is 13.0 Å². The van der Waals surface area contributed by atoms with Crippen molar-refractivity contribution in [3.63, 3.8) is 0 Å². The fourth-order valence-electron chi connectivity index (χ4n) is 6.80. The average Bonchev–Trinajstić information content (AvgIpc) is 3.66. The maximum Gasteiger partial charge on any atom is 0.416 e. The SMILES string of the molecule is C[C@@H]1O[C@@]2(CCN(C(O)c3ncccc3O)C[C@@H]2F)c2c1n(CC(=O)Nc1ccc(C(F)(F)F)cc1Cl)c1nc(C3=CCOCC3)nn1c2=O. The number of hydrogen-bond acceptors (Lipinski definition) is 10. The number of ether oxygens (including phenoxy) is 2. The number of alkyl halides is 4. The van der Waals surface area contributed by atoms with Crippen LogP contribution in [0.1, 0.15) is 60.4 Å². The molecular weight excluding hydrogens is 690 g/mol. The van der Waals surface area contributed by atoms with Crippen LogP contribution >= 0.6 is 11.6 Å². The Morgan fingerprint density at radius 1 is 1.28 bits per heavy atom. The molecule has 4 aromatic rings. The standard InChI is InChI=1S/C32H30ClF4N7O6/c1-16-26-24(31(50-16)8-10-42(14-22(31)34)29(48)25-21(45)3-2-9-38-25)28(47)44-30(40-27(41-44)17-6-11-49-12-7-17)43(26)15-23(46)39-20-5-4-18(13-19(20)33)32(35,36)37/h2-6,9,13,16,22,29,45,48H,7-8,10-12,14-15H2,1H3,(H,39,46)/t16-,22-,29?,31+/m0/s1. The first-order chi connectivity index (χ1) is 23.8. The predicted molar refractivity (Wildman–Crippen MR) is 169 cm³/mol. The minimum atomic E-state index is -4.64. The number of aliphatic hydroxyl groups is 1. The van der Waals surface area contributed by atoms with Crippen LogP contribution in [-0.4, -0.2) is 77.6 Å². The van der Waals surface area contributed by atoms with Gasteiger partial charge in [0.2, 0.25) is 11.7 Å². The van der Waals surface area contributed by atoms with Crippen molar-refractivity contribution in [3.05, 3.63) is 86.3 Å². The Labute approximate surface area is 285 Å². The molecule has 1 aromatic carbocycles. The lowest BCUT2D eigenvalue weighted by Crippen LogP contribution is -2.54. The van der Waals surface area contributed by atoms with E-state index in [1.165, 1.54) is 27.8 Å². The molecule has 1 fully saturated rings. The lowest BCUT2D eigenvalue weighted by Gasteiger charge is -2.43. The number of aromatic nitrogens is 5. The molecule has 3 aliphatic heterocycles. The van der Waals surface area contributed by atoms with Crippen molar-refractivity contribution in [2.75, 3.05) is 31.6 Å². The molecule has 50 heavy (non-hydrogen) atoms. The van der Waals surface area contributed by atoms with Crippen LogP contribution in [0.5, 0.6) is 5.75 Å². The second-order valence-electron chi connectivity index (χ2n) is 12.2. The summed E-state index contributed by atoms with van der Waals surface area (Å²) in [5, 5.41) is 27.8. The smallest absolute Gasteiger partial charge is 0.416 e. The molecule has 6 heterocycles. The molecule has 13 nitrogen and oxygen atoms in total. The van der Waals surface area contributed by atoms with Gasteiger partial charge in [0.15, 0.2) is 12.1 Å². The number of piperidine rings is 1. The Morgan fingerprint density at radius 3 is 2.76 bits per heavy atom. The van der Waals surface area contributed by atoms with E-state index in [4.69, 9.17) is 21.1 Å². The van der Waals surface area contributed by atoms with Crippen molar-refractivity contribution >= 4 is 34.5 Å². The molecule has 1 unspecified atom stereocenters. The van der Waals surface area contributed by atoms with Gasteiger partial charge in [-0.1, -0.05) is 17.7 Å². The summed E-state index contributed by atoms with van der Waals surface area (Å²) in [6, 6.07) is 5.33. The van der Waals surface area contributed by atoms with Crippen LogP contribution in [0.3, 0.4) is 0 Å². The zero-order valence-electron chi connectivity index (χ0n) is 26.3. The van der Waals surface area contributed by atoms with Gasteiger partial charge in [-0.15, -0.1) is 5.10 Å². The Kier molecular flexibility index (Phi) is 8.66. The highest BCUT2D eigenvalue weighted by Gasteiger charge is 2.56. The van der Waals surface area contributed by atoms with E-state index in [0.29, 0.717) is 31.3 Å². The van der Waals surface area contributed by atoms with Gasteiger partial charge >= 0.3 is 6.18 Å². The van der Waals surface area contributed by atoms with Gasteiger partial charge in [0, 0.05) is 19.3 Å². The molecule has 3 aliphatic rings. The van der Waals surface area contributed by atoms with Gasteiger partial charge in [-0.05, 0) is 55.7 Å². The highest BCUT2D eigenvalue weighted by molar-refractivity contribution is 6.33. The van der Waals surface area contributed by atoms with Crippen molar-refractivity contribution in [2.24, 2.45) is 0 Å².